The minimum absolute atomic E-state index is 0.255. The number of fused-ring (bicyclic) bond motifs is 1. The van der Waals surface area contributed by atoms with Crippen LogP contribution in [0.3, 0.4) is 0 Å². The third-order valence-electron chi connectivity index (χ3n) is 4.34. The second-order valence-corrected chi connectivity index (χ2v) is 6.35. The summed E-state index contributed by atoms with van der Waals surface area (Å²) in [7, 11) is 0. The molecule has 110 valence electrons. The van der Waals surface area contributed by atoms with Gasteiger partial charge < -0.3 is 4.74 Å². The summed E-state index contributed by atoms with van der Waals surface area (Å²) in [4.78, 5) is 10.9. The Kier molecular flexibility index (Phi) is 4.16. The Bertz CT molecular complexity index is 658. The van der Waals surface area contributed by atoms with Gasteiger partial charge in [0.2, 0.25) is 0 Å². The van der Waals surface area contributed by atoms with Crippen molar-refractivity contribution in [3.8, 4) is 5.75 Å². The van der Waals surface area contributed by atoms with E-state index in [0.29, 0.717) is 10.6 Å². The molecule has 2 nitrogen and oxygen atoms in total. The maximum absolute atomic E-state index is 10.9. The molecule has 3 rings (SSSR count). The lowest BCUT2D eigenvalue weighted by Crippen LogP contribution is -2.23. The standard InChI is InChI=1S/C18H19ClO2/c1-12-2-7-15(8-3-12)21-17-9-6-14-5-4-13(11-20)10-16(14)18(17)19/h4-6,9-12,15H,2-3,7-8H2,1H3/t12-,15+. The number of carbonyl (C=O) groups excluding carboxylic acids is 1. The van der Waals surface area contributed by atoms with Gasteiger partial charge in [-0.1, -0.05) is 36.7 Å². The van der Waals surface area contributed by atoms with Crippen molar-refractivity contribution < 1.29 is 9.53 Å². The zero-order valence-electron chi connectivity index (χ0n) is 12.1. The fourth-order valence-electron chi connectivity index (χ4n) is 2.97. The first-order chi connectivity index (χ1) is 10.2. The first kappa shape index (κ1) is 14.4. The van der Waals surface area contributed by atoms with Gasteiger partial charge in [0, 0.05) is 10.9 Å². The molecular weight excluding hydrogens is 284 g/mol. The van der Waals surface area contributed by atoms with Crippen molar-refractivity contribution in [1.82, 2.24) is 0 Å². The number of benzene rings is 2. The van der Waals surface area contributed by atoms with E-state index in [0.717, 1.165) is 41.6 Å². The van der Waals surface area contributed by atoms with Crippen LogP contribution in [0.4, 0.5) is 0 Å². The Morgan fingerprint density at radius 2 is 1.86 bits per heavy atom. The minimum Gasteiger partial charge on any atom is -0.489 e. The molecule has 1 aliphatic rings. The maximum Gasteiger partial charge on any atom is 0.150 e. The van der Waals surface area contributed by atoms with Gasteiger partial charge in [-0.05, 0) is 49.1 Å². The van der Waals surface area contributed by atoms with Crippen LogP contribution in [-0.4, -0.2) is 12.4 Å². The number of ether oxygens (including phenoxy) is 1. The predicted octanol–water partition coefficient (Wildman–Crippen LogP) is 5.26. The topological polar surface area (TPSA) is 26.3 Å². The van der Waals surface area contributed by atoms with E-state index in [1.165, 1.54) is 12.8 Å². The maximum atomic E-state index is 10.9. The fourth-order valence-corrected chi connectivity index (χ4v) is 3.24. The molecule has 0 atom stereocenters. The van der Waals surface area contributed by atoms with E-state index in [1.807, 2.05) is 24.3 Å². The van der Waals surface area contributed by atoms with Gasteiger partial charge in [-0.25, -0.2) is 0 Å². The predicted molar refractivity (Wildman–Crippen MR) is 86.4 cm³/mol. The molecule has 1 saturated carbocycles. The van der Waals surface area contributed by atoms with Crippen LogP contribution >= 0.6 is 11.6 Å². The van der Waals surface area contributed by atoms with Gasteiger partial charge in [0.15, 0.2) is 0 Å². The smallest absolute Gasteiger partial charge is 0.150 e. The fraction of sp³-hybridized carbons (Fsp3) is 0.389. The van der Waals surface area contributed by atoms with Gasteiger partial charge in [0.25, 0.3) is 0 Å². The quantitative estimate of drug-likeness (QED) is 0.723. The molecule has 21 heavy (non-hydrogen) atoms. The van der Waals surface area contributed by atoms with Crippen molar-refractivity contribution >= 4 is 28.7 Å². The third kappa shape index (κ3) is 3.06. The second kappa shape index (κ2) is 6.07. The summed E-state index contributed by atoms with van der Waals surface area (Å²) in [5.74, 6) is 1.53. The van der Waals surface area contributed by atoms with Crippen LogP contribution < -0.4 is 4.74 Å². The van der Waals surface area contributed by atoms with Gasteiger partial charge in [-0.2, -0.15) is 0 Å². The van der Waals surface area contributed by atoms with Crippen LogP contribution in [0.5, 0.6) is 5.75 Å². The van der Waals surface area contributed by atoms with Gasteiger partial charge in [0.1, 0.15) is 12.0 Å². The van der Waals surface area contributed by atoms with Crippen LogP contribution in [0.2, 0.25) is 5.02 Å². The van der Waals surface area contributed by atoms with Crippen LogP contribution in [0.1, 0.15) is 43.0 Å². The second-order valence-electron chi connectivity index (χ2n) is 5.98. The highest BCUT2D eigenvalue weighted by Crippen LogP contribution is 2.36. The van der Waals surface area contributed by atoms with Crippen LogP contribution in [0, 0.1) is 5.92 Å². The summed E-state index contributed by atoms with van der Waals surface area (Å²) in [5.41, 5.74) is 0.632. The summed E-state index contributed by atoms with van der Waals surface area (Å²) in [6.07, 6.45) is 5.70. The van der Waals surface area contributed by atoms with E-state index in [9.17, 15) is 4.79 Å². The van der Waals surface area contributed by atoms with Gasteiger partial charge in [0.05, 0.1) is 11.1 Å². The third-order valence-corrected chi connectivity index (χ3v) is 4.73. The molecule has 0 spiro atoms. The number of rotatable bonds is 3. The Labute approximate surface area is 130 Å². The molecule has 3 heteroatoms. The van der Waals surface area contributed by atoms with E-state index in [1.54, 1.807) is 6.07 Å². The molecule has 0 heterocycles. The minimum atomic E-state index is 0.255. The number of hydrogen-bond donors (Lipinski definition) is 0. The van der Waals surface area contributed by atoms with E-state index >= 15 is 0 Å². The zero-order chi connectivity index (χ0) is 14.8. The van der Waals surface area contributed by atoms with Crippen LogP contribution in [0.15, 0.2) is 30.3 Å². The molecule has 0 N–H and O–H groups in total. The highest BCUT2D eigenvalue weighted by Gasteiger charge is 2.20. The summed E-state index contributed by atoms with van der Waals surface area (Å²) in [6, 6.07) is 9.46. The van der Waals surface area contributed by atoms with Crippen LogP contribution in [0.25, 0.3) is 10.8 Å². The SMILES string of the molecule is C[C@H]1CC[C@@H](Oc2ccc3ccc(C=O)cc3c2Cl)CC1. The number of hydrogen-bond acceptors (Lipinski definition) is 2. The van der Waals surface area contributed by atoms with E-state index < -0.39 is 0 Å². The molecule has 0 aromatic heterocycles. The van der Waals surface area contributed by atoms with Crippen molar-refractivity contribution in [1.29, 1.82) is 0 Å². The van der Waals surface area contributed by atoms with Gasteiger partial charge in [-0.3, -0.25) is 4.79 Å². The zero-order valence-corrected chi connectivity index (χ0v) is 12.9. The molecule has 0 bridgehead atoms. The molecule has 0 unspecified atom stereocenters. The van der Waals surface area contributed by atoms with E-state index in [-0.39, 0.29) is 6.10 Å². The van der Waals surface area contributed by atoms with Crippen molar-refractivity contribution in [2.24, 2.45) is 5.92 Å². The summed E-state index contributed by atoms with van der Waals surface area (Å²) < 4.78 is 6.10. The average Bonchev–Trinajstić information content (AvgIpc) is 2.52. The molecule has 1 fully saturated rings. The lowest BCUT2D eigenvalue weighted by atomic mass is 9.89. The lowest BCUT2D eigenvalue weighted by molar-refractivity contribution is 0.112. The molecule has 0 amide bonds. The molecule has 1 aliphatic carbocycles. The molecule has 2 aromatic carbocycles. The molecular formula is C18H19ClO2. The molecule has 0 aliphatic heterocycles. The first-order valence-electron chi connectivity index (χ1n) is 7.51. The molecule has 0 saturated heterocycles. The highest BCUT2D eigenvalue weighted by molar-refractivity contribution is 6.37. The van der Waals surface area contributed by atoms with E-state index in [2.05, 4.69) is 6.92 Å². The van der Waals surface area contributed by atoms with Crippen molar-refractivity contribution in [3.05, 3.63) is 40.9 Å². The number of aldehydes is 1. The normalized spacial score (nSPS) is 22.2. The van der Waals surface area contributed by atoms with E-state index in [4.69, 9.17) is 16.3 Å². The summed E-state index contributed by atoms with van der Waals surface area (Å²) >= 11 is 6.48. The molecule has 2 aromatic rings. The Balaban J connectivity index is 1.88. The highest BCUT2D eigenvalue weighted by atomic mass is 35.5. The number of halogens is 1. The van der Waals surface area contributed by atoms with Gasteiger partial charge in [-0.15, -0.1) is 0 Å². The lowest BCUT2D eigenvalue weighted by Gasteiger charge is -2.27. The van der Waals surface area contributed by atoms with Crippen molar-refractivity contribution in [2.75, 3.05) is 0 Å². The largest absolute Gasteiger partial charge is 0.489 e. The van der Waals surface area contributed by atoms with Crippen molar-refractivity contribution in [2.45, 2.75) is 38.7 Å². The summed E-state index contributed by atoms with van der Waals surface area (Å²) in [5, 5.41) is 2.51. The van der Waals surface area contributed by atoms with Gasteiger partial charge >= 0.3 is 0 Å². The summed E-state index contributed by atoms with van der Waals surface area (Å²) in [6.45, 7) is 2.29. The Morgan fingerprint density at radius 1 is 1.14 bits per heavy atom. The monoisotopic (exact) mass is 302 g/mol. The Hall–Kier alpha value is -1.54. The number of carbonyl (C=O) groups is 1. The first-order valence-corrected chi connectivity index (χ1v) is 7.89. The average molecular weight is 303 g/mol. The van der Waals surface area contributed by atoms with Crippen molar-refractivity contribution in [3.63, 3.8) is 0 Å². The molecule has 0 radical (unpaired) electrons. The van der Waals surface area contributed by atoms with Crippen LogP contribution in [-0.2, 0) is 0 Å². The Morgan fingerprint density at radius 3 is 2.57 bits per heavy atom.